The summed E-state index contributed by atoms with van der Waals surface area (Å²) in [6, 6.07) is 0. The van der Waals surface area contributed by atoms with Crippen molar-refractivity contribution in [3.8, 4) is 0 Å². The van der Waals surface area contributed by atoms with Crippen LogP contribution in [0.1, 0.15) is 13.3 Å². The number of hydrogen-bond acceptors (Lipinski definition) is 4. The van der Waals surface area contributed by atoms with Crippen LogP contribution in [0.15, 0.2) is 0 Å². The number of aliphatic hydroxyl groups is 4. The molecule has 0 amide bonds. The van der Waals surface area contributed by atoms with Crippen molar-refractivity contribution in [1.29, 1.82) is 0 Å². The van der Waals surface area contributed by atoms with Crippen molar-refractivity contribution >= 4 is 0 Å². The largest absolute Gasteiger partial charge is 0.391 e. The zero-order chi connectivity index (χ0) is 9.02. The Bertz CT molecular complexity index is 105. The standard InChI is InChI=1S/C7H15O4/c1-3-5(9)7(11)6(10)4(2)8/h4-11H,1,3H2,2H3. The lowest BCUT2D eigenvalue weighted by atomic mass is 10.0. The van der Waals surface area contributed by atoms with Crippen molar-refractivity contribution in [2.24, 2.45) is 0 Å². The van der Waals surface area contributed by atoms with Crippen LogP contribution >= 0.6 is 0 Å². The monoisotopic (exact) mass is 163 g/mol. The van der Waals surface area contributed by atoms with Gasteiger partial charge in [0.2, 0.25) is 0 Å². The number of aliphatic hydroxyl groups excluding tert-OH is 4. The summed E-state index contributed by atoms with van der Waals surface area (Å²) in [7, 11) is 0. The highest BCUT2D eigenvalue weighted by molar-refractivity contribution is 4.78. The first kappa shape index (κ1) is 10.8. The molecule has 0 aliphatic rings. The molecule has 0 aliphatic heterocycles. The fraction of sp³-hybridized carbons (Fsp3) is 0.857. The minimum Gasteiger partial charge on any atom is -0.391 e. The maximum atomic E-state index is 9.06. The highest BCUT2D eigenvalue weighted by atomic mass is 16.4. The van der Waals surface area contributed by atoms with Gasteiger partial charge in [0, 0.05) is 0 Å². The van der Waals surface area contributed by atoms with E-state index in [1.54, 1.807) is 0 Å². The van der Waals surface area contributed by atoms with Gasteiger partial charge in [0.15, 0.2) is 0 Å². The van der Waals surface area contributed by atoms with E-state index in [9.17, 15) is 0 Å². The van der Waals surface area contributed by atoms with Crippen molar-refractivity contribution in [2.45, 2.75) is 37.8 Å². The summed E-state index contributed by atoms with van der Waals surface area (Å²) in [6.07, 6.45) is -4.67. The second kappa shape index (κ2) is 4.66. The van der Waals surface area contributed by atoms with Gasteiger partial charge in [-0.15, -0.1) is 0 Å². The molecule has 0 aromatic carbocycles. The Labute approximate surface area is 66.1 Å². The van der Waals surface area contributed by atoms with Crippen molar-refractivity contribution in [1.82, 2.24) is 0 Å². The molecular weight excluding hydrogens is 148 g/mol. The van der Waals surface area contributed by atoms with E-state index in [1.807, 2.05) is 0 Å². The SMILES string of the molecule is [CH2]CC(O)C(O)C(O)C(C)O. The van der Waals surface area contributed by atoms with Crippen molar-refractivity contribution in [3.63, 3.8) is 0 Å². The third-order valence-electron chi connectivity index (χ3n) is 1.53. The molecule has 4 nitrogen and oxygen atoms in total. The topological polar surface area (TPSA) is 80.9 Å². The average Bonchev–Trinajstić information content (AvgIpc) is 2.00. The van der Waals surface area contributed by atoms with Gasteiger partial charge < -0.3 is 20.4 Å². The molecule has 1 radical (unpaired) electrons. The molecular formula is C7H15O4. The molecule has 0 saturated carbocycles. The first-order valence-electron chi connectivity index (χ1n) is 3.52. The Morgan fingerprint density at radius 3 is 1.82 bits per heavy atom. The van der Waals surface area contributed by atoms with E-state index in [-0.39, 0.29) is 6.42 Å². The van der Waals surface area contributed by atoms with Crippen LogP contribution in [-0.4, -0.2) is 44.8 Å². The Balaban J connectivity index is 3.90. The molecule has 4 heteroatoms. The molecule has 11 heavy (non-hydrogen) atoms. The van der Waals surface area contributed by atoms with E-state index in [1.165, 1.54) is 6.92 Å². The van der Waals surface area contributed by atoms with E-state index in [0.717, 1.165) is 0 Å². The van der Waals surface area contributed by atoms with Crippen LogP contribution in [0.3, 0.4) is 0 Å². The molecule has 4 atom stereocenters. The summed E-state index contributed by atoms with van der Waals surface area (Å²) in [5.74, 6) is 0. The van der Waals surface area contributed by atoms with Crippen LogP contribution in [-0.2, 0) is 0 Å². The minimum atomic E-state index is -1.33. The second-order valence-electron chi connectivity index (χ2n) is 2.58. The summed E-state index contributed by atoms with van der Waals surface area (Å²) in [5.41, 5.74) is 0. The quantitative estimate of drug-likeness (QED) is 0.414. The van der Waals surface area contributed by atoms with E-state index >= 15 is 0 Å². The summed E-state index contributed by atoms with van der Waals surface area (Å²) in [4.78, 5) is 0. The first-order valence-corrected chi connectivity index (χ1v) is 3.52. The van der Waals surface area contributed by atoms with Gasteiger partial charge in [-0.25, -0.2) is 0 Å². The van der Waals surface area contributed by atoms with Gasteiger partial charge >= 0.3 is 0 Å². The average molecular weight is 163 g/mol. The minimum absolute atomic E-state index is 0.102. The maximum Gasteiger partial charge on any atom is 0.108 e. The van der Waals surface area contributed by atoms with Crippen molar-refractivity contribution in [2.75, 3.05) is 0 Å². The maximum absolute atomic E-state index is 9.06. The molecule has 0 heterocycles. The highest BCUT2D eigenvalue weighted by Crippen LogP contribution is 2.06. The van der Waals surface area contributed by atoms with Gasteiger partial charge in [0.25, 0.3) is 0 Å². The highest BCUT2D eigenvalue weighted by Gasteiger charge is 2.26. The second-order valence-corrected chi connectivity index (χ2v) is 2.58. The zero-order valence-electron chi connectivity index (χ0n) is 6.51. The molecule has 0 aliphatic carbocycles. The summed E-state index contributed by atoms with van der Waals surface area (Å²) < 4.78 is 0. The lowest BCUT2D eigenvalue weighted by Gasteiger charge is -2.23. The van der Waals surface area contributed by atoms with Crippen LogP contribution in [0.2, 0.25) is 0 Å². The normalized spacial score (nSPS) is 22.4. The van der Waals surface area contributed by atoms with Gasteiger partial charge in [-0.05, 0) is 13.3 Å². The number of rotatable bonds is 4. The van der Waals surface area contributed by atoms with Gasteiger partial charge in [-0.2, -0.15) is 0 Å². The molecule has 0 bridgehead atoms. The molecule has 0 rings (SSSR count). The van der Waals surface area contributed by atoms with E-state index in [4.69, 9.17) is 20.4 Å². The van der Waals surface area contributed by atoms with Crippen LogP contribution in [0.25, 0.3) is 0 Å². The Morgan fingerprint density at radius 2 is 1.55 bits per heavy atom. The van der Waals surface area contributed by atoms with E-state index in [0.29, 0.717) is 0 Å². The van der Waals surface area contributed by atoms with Crippen LogP contribution < -0.4 is 0 Å². The fourth-order valence-electron chi connectivity index (χ4n) is 0.684. The van der Waals surface area contributed by atoms with Crippen LogP contribution in [0.5, 0.6) is 0 Å². The number of hydrogen-bond donors (Lipinski definition) is 4. The van der Waals surface area contributed by atoms with Gasteiger partial charge in [-0.3, -0.25) is 0 Å². The Morgan fingerprint density at radius 1 is 1.09 bits per heavy atom. The van der Waals surface area contributed by atoms with Gasteiger partial charge in [0.05, 0.1) is 12.2 Å². The smallest absolute Gasteiger partial charge is 0.108 e. The van der Waals surface area contributed by atoms with Crippen LogP contribution in [0, 0.1) is 6.92 Å². The summed E-state index contributed by atoms with van der Waals surface area (Å²) >= 11 is 0. The van der Waals surface area contributed by atoms with Crippen molar-refractivity contribution < 1.29 is 20.4 Å². The lowest BCUT2D eigenvalue weighted by Crippen LogP contribution is -2.43. The molecule has 0 aromatic rings. The Kier molecular flexibility index (Phi) is 4.60. The predicted molar refractivity (Wildman–Crippen MR) is 39.7 cm³/mol. The van der Waals surface area contributed by atoms with E-state index in [2.05, 4.69) is 6.92 Å². The zero-order valence-corrected chi connectivity index (χ0v) is 6.51. The molecule has 0 saturated heterocycles. The first-order chi connectivity index (χ1) is 5.00. The molecule has 4 unspecified atom stereocenters. The molecule has 0 spiro atoms. The van der Waals surface area contributed by atoms with E-state index < -0.39 is 24.4 Å². The van der Waals surface area contributed by atoms with Crippen LogP contribution in [0.4, 0.5) is 0 Å². The summed E-state index contributed by atoms with van der Waals surface area (Å²) in [6.45, 7) is 4.68. The van der Waals surface area contributed by atoms with Gasteiger partial charge in [-0.1, -0.05) is 6.92 Å². The molecule has 4 N–H and O–H groups in total. The Hall–Kier alpha value is -0.160. The fourth-order valence-corrected chi connectivity index (χ4v) is 0.684. The van der Waals surface area contributed by atoms with Gasteiger partial charge in [0.1, 0.15) is 12.2 Å². The third kappa shape index (κ3) is 3.16. The predicted octanol–water partition coefficient (Wildman–Crippen LogP) is -1.33. The lowest BCUT2D eigenvalue weighted by molar-refractivity contribution is -0.0987. The third-order valence-corrected chi connectivity index (χ3v) is 1.53. The van der Waals surface area contributed by atoms with Crippen molar-refractivity contribution in [3.05, 3.63) is 6.92 Å². The molecule has 67 valence electrons. The molecule has 0 fully saturated rings. The molecule has 0 aromatic heterocycles. The summed E-state index contributed by atoms with van der Waals surface area (Å²) in [5, 5.41) is 35.8.